The number of benzene rings is 1. The second kappa shape index (κ2) is 11.0. The SMILES string of the molecule is O=C(NN1CCCC1)c1ccc(COC(CCN2CCOCC2)c2cccs2)cc1. The van der Waals surface area contributed by atoms with Gasteiger partial charge in [0.15, 0.2) is 0 Å². The van der Waals surface area contributed by atoms with Crippen molar-refractivity contribution in [2.45, 2.75) is 32.0 Å². The number of carbonyl (C=O) groups is 1. The van der Waals surface area contributed by atoms with Crippen molar-refractivity contribution in [2.24, 2.45) is 0 Å². The molecule has 0 saturated carbocycles. The maximum Gasteiger partial charge on any atom is 0.265 e. The lowest BCUT2D eigenvalue weighted by atomic mass is 10.1. The van der Waals surface area contributed by atoms with Crippen molar-refractivity contribution >= 4 is 17.2 Å². The van der Waals surface area contributed by atoms with Crippen molar-refractivity contribution in [3.8, 4) is 0 Å². The average Bonchev–Trinajstić information content (AvgIpc) is 3.49. The smallest absolute Gasteiger partial charge is 0.265 e. The first-order valence-electron chi connectivity index (χ1n) is 10.9. The third-order valence-electron chi connectivity index (χ3n) is 5.70. The maximum absolute atomic E-state index is 12.4. The molecule has 0 aliphatic carbocycles. The summed E-state index contributed by atoms with van der Waals surface area (Å²) in [5.41, 5.74) is 4.75. The lowest BCUT2D eigenvalue weighted by molar-refractivity contribution is 0.00743. The highest BCUT2D eigenvalue weighted by Crippen LogP contribution is 2.27. The van der Waals surface area contributed by atoms with Crippen molar-refractivity contribution < 1.29 is 14.3 Å². The monoisotopic (exact) mass is 429 g/mol. The number of morpholine rings is 1. The Labute approximate surface area is 182 Å². The van der Waals surface area contributed by atoms with Gasteiger partial charge in [-0.3, -0.25) is 15.1 Å². The first kappa shape index (κ1) is 21.5. The number of nitrogens with one attached hydrogen (secondary N) is 1. The van der Waals surface area contributed by atoms with E-state index in [1.54, 1.807) is 11.3 Å². The van der Waals surface area contributed by atoms with Crippen molar-refractivity contribution in [1.82, 2.24) is 15.3 Å². The predicted molar refractivity (Wildman–Crippen MR) is 118 cm³/mol. The lowest BCUT2D eigenvalue weighted by Gasteiger charge is -2.28. The summed E-state index contributed by atoms with van der Waals surface area (Å²) >= 11 is 1.75. The summed E-state index contributed by atoms with van der Waals surface area (Å²) < 4.78 is 11.8. The van der Waals surface area contributed by atoms with Gasteiger partial charge in [-0.25, -0.2) is 5.01 Å². The molecule has 0 radical (unpaired) electrons. The van der Waals surface area contributed by atoms with E-state index in [0.717, 1.165) is 70.8 Å². The number of carbonyl (C=O) groups excluding carboxylic acids is 1. The Bertz CT molecular complexity index is 770. The Morgan fingerprint density at radius 2 is 1.87 bits per heavy atom. The minimum absolute atomic E-state index is 0.0358. The topological polar surface area (TPSA) is 54.0 Å². The molecule has 3 heterocycles. The lowest BCUT2D eigenvalue weighted by Crippen LogP contribution is -2.39. The van der Waals surface area contributed by atoms with Crippen LogP contribution in [0.1, 0.15) is 46.2 Å². The Kier molecular flexibility index (Phi) is 7.88. The van der Waals surface area contributed by atoms with E-state index in [0.29, 0.717) is 12.2 Å². The number of thiophene rings is 1. The van der Waals surface area contributed by atoms with Crippen LogP contribution in [0.25, 0.3) is 0 Å². The molecule has 1 N–H and O–H groups in total. The number of hydrazine groups is 1. The van der Waals surface area contributed by atoms with Gasteiger partial charge in [-0.1, -0.05) is 18.2 Å². The Morgan fingerprint density at radius 1 is 1.10 bits per heavy atom. The summed E-state index contributed by atoms with van der Waals surface area (Å²) in [6, 6.07) is 12.0. The van der Waals surface area contributed by atoms with Crippen LogP contribution in [0.3, 0.4) is 0 Å². The number of hydrogen-bond donors (Lipinski definition) is 1. The molecule has 1 amide bonds. The zero-order valence-corrected chi connectivity index (χ0v) is 18.2. The Hall–Kier alpha value is -1.77. The van der Waals surface area contributed by atoms with Gasteiger partial charge in [0.2, 0.25) is 0 Å². The summed E-state index contributed by atoms with van der Waals surface area (Å²) in [4.78, 5) is 16.1. The van der Waals surface area contributed by atoms with Crippen LogP contribution in [-0.2, 0) is 16.1 Å². The Balaban J connectivity index is 1.29. The molecule has 2 aromatic rings. The van der Waals surface area contributed by atoms with Gasteiger partial charge in [-0.2, -0.15) is 0 Å². The van der Waals surface area contributed by atoms with E-state index < -0.39 is 0 Å². The van der Waals surface area contributed by atoms with Gasteiger partial charge < -0.3 is 9.47 Å². The van der Waals surface area contributed by atoms with Gasteiger partial charge in [0, 0.05) is 43.2 Å². The first-order chi connectivity index (χ1) is 14.8. The van der Waals surface area contributed by atoms with E-state index >= 15 is 0 Å². The van der Waals surface area contributed by atoms with Gasteiger partial charge in [0.05, 0.1) is 25.9 Å². The largest absolute Gasteiger partial charge is 0.379 e. The Morgan fingerprint density at radius 3 is 2.57 bits per heavy atom. The van der Waals surface area contributed by atoms with Crippen LogP contribution in [0.2, 0.25) is 0 Å². The fraction of sp³-hybridized carbons (Fsp3) is 0.522. The summed E-state index contributed by atoms with van der Waals surface area (Å²) in [7, 11) is 0. The number of nitrogens with zero attached hydrogens (tertiary/aromatic N) is 2. The third kappa shape index (κ3) is 6.12. The first-order valence-corrected chi connectivity index (χ1v) is 11.8. The zero-order chi connectivity index (χ0) is 20.6. The molecule has 30 heavy (non-hydrogen) atoms. The van der Waals surface area contributed by atoms with Crippen LogP contribution in [-0.4, -0.2) is 61.8 Å². The molecule has 1 aromatic carbocycles. The van der Waals surface area contributed by atoms with Crippen LogP contribution in [0, 0.1) is 0 Å². The number of rotatable bonds is 9. The second-order valence-electron chi connectivity index (χ2n) is 7.89. The van der Waals surface area contributed by atoms with E-state index in [-0.39, 0.29) is 12.0 Å². The van der Waals surface area contributed by atoms with Gasteiger partial charge in [-0.15, -0.1) is 11.3 Å². The van der Waals surface area contributed by atoms with Gasteiger partial charge in [0.1, 0.15) is 0 Å². The summed E-state index contributed by atoms with van der Waals surface area (Å²) in [5, 5.41) is 4.10. The fourth-order valence-corrected chi connectivity index (χ4v) is 4.70. The maximum atomic E-state index is 12.4. The molecule has 2 aliphatic heterocycles. The standard InChI is InChI=1S/C23H31N3O3S/c27-23(24-26-10-1-2-11-26)20-7-5-19(6-8-20)18-29-21(22-4-3-17-30-22)9-12-25-13-15-28-16-14-25/h3-8,17,21H,1-2,9-16,18H2,(H,24,27). The number of ether oxygens (including phenoxy) is 2. The van der Waals surface area contributed by atoms with Crippen molar-refractivity contribution in [2.75, 3.05) is 45.9 Å². The quantitative estimate of drug-likeness (QED) is 0.662. The van der Waals surface area contributed by atoms with Gasteiger partial charge in [-0.05, 0) is 48.4 Å². The minimum atomic E-state index is -0.0358. The fourth-order valence-electron chi connectivity index (χ4n) is 3.89. The summed E-state index contributed by atoms with van der Waals surface area (Å²) in [6.45, 7) is 7.07. The van der Waals surface area contributed by atoms with E-state index in [4.69, 9.17) is 9.47 Å². The highest BCUT2D eigenvalue weighted by Gasteiger charge is 2.18. The normalized spacial score (nSPS) is 19.1. The molecule has 1 unspecified atom stereocenters. The van der Waals surface area contributed by atoms with E-state index in [9.17, 15) is 4.79 Å². The molecule has 7 heteroatoms. The molecule has 1 aromatic heterocycles. The van der Waals surface area contributed by atoms with Crippen LogP contribution in [0.15, 0.2) is 41.8 Å². The highest BCUT2D eigenvalue weighted by atomic mass is 32.1. The zero-order valence-electron chi connectivity index (χ0n) is 17.4. The van der Waals surface area contributed by atoms with Crippen molar-refractivity contribution in [3.05, 3.63) is 57.8 Å². The molecule has 0 bridgehead atoms. The summed E-state index contributed by atoms with van der Waals surface area (Å²) in [5.74, 6) is -0.0358. The van der Waals surface area contributed by atoms with E-state index in [1.807, 2.05) is 29.3 Å². The predicted octanol–water partition coefficient (Wildman–Crippen LogP) is 3.47. The molecule has 6 nitrogen and oxygen atoms in total. The molecule has 2 saturated heterocycles. The molecule has 2 aliphatic rings. The van der Waals surface area contributed by atoms with Crippen molar-refractivity contribution in [1.29, 1.82) is 0 Å². The summed E-state index contributed by atoms with van der Waals surface area (Å²) in [6.07, 6.45) is 3.35. The van der Waals surface area contributed by atoms with Crippen molar-refractivity contribution in [3.63, 3.8) is 0 Å². The van der Waals surface area contributed by atoms with Crippen LogP contribution < -0.4 is 5.43 Å². The molecular formula is C23H31N3O3S. The average molecular weight is 430 g/mol. The number of amides is 1. The third-order valence-corrected chi connectivity index (χ3v) is 6.67. The molecular weight excluding hydrogens is 398 g/mol. The van der Waals surface area contributed by atoms with Crippen LogP contribution in [0.4, 0.5) is 0 Å². The molecule has 0 spiro atoms. The molecule has 1 atom stereocenters. The van der Waals surface area contributed by atoms with Crippen LogP contribution in [0.5, 0.6) is 0 Å². The minimum Gasteiger partial charge on any atom is -0.379 e. The highest BCUT2D eigenvalue weighted by molar-refractivity contribution is 7.10. The molecule has 2 fully saturated rings. The second-order valence-corrected chi connectivity index (χ2v) is 8.87. The van der Waals surface area contributed by atoms with Crippen LogP contribution >= 0.6 is 11.3 Å². The van der Waals surface area contributed by atoms with Gasteiger partial charge in [0.25, 0.3) is 5.91 Å². The molecule has 4 rings (SSSR count). The molecule has 162 valence electrons. The van der Waals surface area contributed by atoms with Gasteiger partial charge >= 0.3 is 0 Å². The number of hydrogen-bond acceptors (Lipinski definition) is 6. The van der Waals surface area contributed by atoms with E-state index in [2.05, 4.69) is 27.8 Å². The van der Waals surface area contributed by atoms with E-state index in [1.165, 1.54) is 4.88 Å².